The zero-order valence-electron chi connectivity index (χ0n) is 12.4. The molecule has 1 saturated carbocycles. The van der Waals surface area contributed by atoms with Crippen LogP contribution in [0.4, 0.5) is 0 Å². The summed E-state index contributed by atoms with van der Waals surface area (Å²) < 4.78 is 3.86. The lowest BCUT2D eigenvalue weighted by Crippen LogP contribution is -2.30. The highest BCUT2D eigenvalue weighted by atomic mass is 35.5. The smallest absolute Gasteiger partial charge is 0.240 e. The van der Waals surface area contributed by atoms with Crippen molar-refractivity contribution < 1.29 is 4.79 Å². The van der Waals surface area contributed by atoms with E-state index < -0.39 is 0 Å². The van der Waals surface area contributed by atoms with Gasteiger partial charge in [0, 0.05) is 24.9 Å². The summed E-state index contributed by atoms with van der Waals surface area (Å²) in [6, 6.07) is 0.366. The number of aryl methyl sites for hydroxylation is 3. The van der Waals surface area contributed by atoms with E-state index in [1.807, 2.05) is 23.1 Å². The zero-order valence-corrected chi connectivity index (χ0v) is 13.2. The lowest BCUT2D eigenvalue weighted by molar-refractivity contribution is -0.121. The monoisotopic (exact) mass is 309 g/mol. The van der Waals surface area contributed by atoms with E-state index in [0.29, 0.717) is 18.3 Å². The number of imidazole rings is 1. The number of fused-ring (bicyclic) bond motifs is 1. The highest BCUT2D eigenvalue weighted by Gasteiger charge is 2.25. The van der Waals surface area contributed by atoms with Crippen LogP contribution in [-0.4, -0.2) is 37.2 Å². The molecule has 6 nitrogen and oxygen atoms in total. The highest BCUT2D eigenvalue weighted by Crippen LogP contribution is 2.22. The maximum Gasteiger partial charge on any atom is 0.240 e. The number of hydrogen-bond donors (Lipinski definition) is 1. The summed E-state index contributed by atoms with van der Waals surface area (Å²) in [5.74, 6) is 1.38. The molecule has 0 atom stereocenters. The van der Waals surface area contributed by atoms with Crippen molar-refractivity contribution in [3.05, 3.63) is 11.5 Å². The summed E-state index contributed by atoms with van der Waals surface area (Å²) in [6.45, 7) is 5.01. The lowest BCUT2D eigenvalue weighted by atomic mass is 10.4. The molecule has 0 aromatic carbocycles. The van der Waals surface area contributed by atoms with E-state index in [9.17, 15) is 4.79 Å². The van der Waals surface area contributed by atoms with Gasteiger partial charge in [-0.1, -0.05) is 0 Å². The molecule has 1 amide bonds. The van der Waals surface area contributed by atoms with Crippen LogP contribution in [0.5, 0.6) is 0 Å². The van der Waals surface area contributed by atoms with E-state index in [2.05, 4.69) is 15.4 Å². The SMILES string of the molecule is CCn1nc(C)c2nc(CCCl)n(CC(=O)NC3CC3)c21. The predicted molar refractivity (Wildman–Crippen MR) is 81.5 cm³/mol. The van der Waals surface area contributed by atoms with Gasteiger partial charge in [-0.15, -0.1) is 11.6 Å². The van der Waals surface area contributed by atoms with Gasteiger partial charge in [0.05, 0.1) is 5.69 Å². The zero-order chi connectivity index (χ0) is 15.0. The molecule has 1 N–H and O–H groups in total. The molecule has 2 heterocycles. The average molecular weight is 310 g/mol. The molecule has 1 aliphatic carbocycles. The second kappa shape index (κ2) is 5.67. The van der Waals surface area contributed by atoms with Gasteiger partial charge in [0.2, 0.25) is 5.91 Å². The minimum absolute atomic E-state index is 0.0362. The fraction of sp³-hybridized carbons (Fsp3) is 0.643. The summed E-state index contributed by atoms with van der Waals surface area (Å²) >= 11 is 5.87. The van der Waals surface area contributed by atoms with Gasteiger partial charge in [0.1, 0.15) is 17.9 Å². The number of aromatic nitrogens is 4. The van der Waals surface area contributed by atoms with Gasteiger partial charge in [0.25, 0.3) is 0 Å². The molecule has 0 saturated heterocycles. The number of halogens is 1. The van der Waals surface area contributed by atoms with Crippen molar-refractivity contribution in [2.75, 3.05) is 5.88 Å². The van der Waals surface area contributed by atoms with Crippen molar-refractivity contribution in [1.82, 2.24) is 24.6 Å². The molecule has 0 aliphatic heterocycles. The third-order valence-electron chi connectivity index (χ3n) is 3.74. The Hall–Kier alpha value is -1.56. The first-order valence-electron chi connectivity index (χ1n) is 7.41. The van der Waals surface area contributed by atoms with Crippen molar-refractivity contribution in [3.8, 4) is 0 Å². The van der Waals surface area contributed by atoms with Crippen LogP contribution in [-0.2, 0) is 24.3 Å². The van der Waals surface area contributed by atoms with Gasteiger partial charge < -0.3 is 9.88 Å². The number of nitrogens with zero attached hydrogens (tertiary/aromatic N) is 4. The number of hydrogen-bond acceptors (Lipinski definition) is 3. The van der Waals surface area contributed by atoms with E-state index in [4.69, 9.17) is 11.6 Å². The van der Waals surface area contributed by atoms with E-state index in [-0.39, 0.29) is 12.5 Å². The topological polar surface area (TPSA) is 64.7 Å². The third-order valence-corrected chi connectivity index (χ3v) is 3.93. The third kappa shape index (κ3) is 2.77. The van der Waals surface area contributed by atoms with Crippen LogP contribution in [0.3, 0.4) is 0 Å². The molecule has 3 rings (SSSR count). The first-order chi connectivity index (χ1) is 10.1. The highest BCUT2D eigenvalue weighted by molar-refractivity contribution is 6.17. The Balaban J connectivity index is 1.98. The van der Waals surface area contributed by atoms with E-state index in [1.54, 1.807) is 0 Å². The number of rotatable bonds is 6. The fourth-order valence-electron chi connectivity index (χ4n) is 2.58. The Morgan fingerprint density at radius 3 is 2.86 bits per heavy atom. The van der Waals surface area contributed by atoms with Crippen molar-refractivity contribution in [2.24, 2.45) is 0 Å². The Bertz CT molecular complexity index is 670. The molecule has 1 aliphatic rings. The summed E-state index contributed by atoms with van der Waals surface area (Å²) in [7, 11) is 0. The maximum absolute atomic E-state index is 12.1. The molecule has 0 unspecified atom stereocenters. The van der Waals surface area contributed by atoms with E-state index in [0.717, 1.165) is 42.1 Å². The minimum atomic E-state index is 0.0362. The van der Waals surface area contributed by atoms with Gasteiger partial charge >= 0.3 is 0 Å². The Labute approximate surface area is 128 Å². The second-order valence-corrected chi connectivity index (χ2v) is 5.85. The van der Waals surface area contributed by atoms with Crippen LogP contribution in [0.25, 0.3) is 11.2 Å². The van der Waals surface area contributed by atoms with Crippen molar-refractivity contribution in [2.45, 2.75) is 52.2 Å². The van der Waals surface area contributed by atoms with Crippen LogP contribution in [0, 0.1) is 6.92 Å². The minimum Gasteiger partial charge on any atom is -0.352 e. The van der Waals surface area contributed by atoms with E-state index in [1.165, 1.54) is 0 Å². The summed E-state index contributed by atoms with van der Waals surface area (Å²) in [5, 5.41) is 7.50. The molecule has 2 aromatic heterocycles. The van der Waals surface area contributed by atoms with Gasteiger partial charge in [-0.25, -0.2) is 9.67 Å². The molecule has 7 heteroatoms. The molecule has 0 bridgehead atoms. The van der Waals surface area contributed by atoms with Crippen LogP contribution in [0.2, 0.25) is 0 Å². The Morgan fingerprint density at radius 1 is 1.48 bits per heavy atom. The molecule has 0 radical (unpaired) electrons. The van der Waals surface area contributed by atoms with Crippen LogP contribution in [0.1, 0.15) is 31.3 Å². The average Bonchev–Trinajstić information content (AvgIpc) is 3.11. The molecular formula is C14H20ClN5O. The Kier molecular flexibility index (Phi) is 3.89. The van der Waals surface area contributed by atoms with Crippen molar-refractivity contribution >= 4 is 28.7 Å². The first-order valence-corrected chi connectivity index (χ1v) is 7.95. The van der Waals surface area contributed by atoms with Gasteiger partial charge in [-0.05, 0) is 26.7 Å². The molecular weight excluding hydrogens is 290 g/mol. The molecule has 0 spiro atoms. The van der Waals surface area contributed by atoms with Crippen LogP contribution in [0.15, 0.2) is 0 Å². The summed E-state index contributed by atoms with van der Waals surface area (Å²) in [6.07, 6.45) is 2.83. The largest absolute Gasteiger partial charge is 0.352 e. The first kappa shape index (κ1) is 14.4. The number of carbonyl (C=O) groups is 1. The second-order valence-electron chi connectivity index (χ2n) is 5.47. The summed E-state index contributed by atoms with van der Waals surface area (Å²) in [5.41, 5.74) is 2.68. The standard InChI is InChI=1S/C14H20ClN5O/c1-3-20-14-13(9(2)18-20)17-11(6-7-15)19(14)8-12(21)16-10-4-5-10/h10H,3-8H2,1-2H3,(H,16,21). The molecule has 21 heavy (non-hydrogen) atoms. The predicted octanol–water partition coefficient (Wildman–Crippen LogP) is 1.62. The van der Waals surface area contributed by atoms with Crippen molar-refractivity contribution in [3.63, 3.8) is 0 Å². The van der Waals surface area contributed by atoms with Gasteiger partial charge in [-0.2, -0.15) is 5.10 Å². The van der Waals surface area contributed by atoms with E-state index >= 15 is 0 Å². The Morgan fingerprint density at radius 2 is 2.24 bits per heavy atom. The van der Waals surface area contributed by atoms with Gasteiger partial charge in [-0.3, -0.25) is 4.79 Å². The number of amides is 1. The maximum atomic E-state index is 12.1. The molecule has 1 fully saturated rings. The molecule has 114 valence electrons. The number of carbonyl (C=O) groups excluding carboxylic acids is 1. The molecule has 2 aromatic rings. The fourth-order valence-corrected chi connectivity index (χ4v) is 2.75. The summed E-state index contributed by atoms with van der Waals surface area (Å²) in [4.78, 5) is 16.8. The van der Waals surface area contributed by atoms with Gasteiger partial charge in [0.15, 0.2) is 5.65 Å². The normalized spacial score (nSPS) is 14.8. The number of nitrogens with one attached hydrogen (secondary N) is 1. The quantitative estimate of drug-likeness (QED) is 0.825. The number of alkyl halides is 1. The van der Waals surface area contributed by atoms with Crippen molar-refractivity contribution in [1.29, 1.82) is 0 Å². The lowest BCUT2D eigenvalue weighted by Gasteiger charge is -2.10. The van der Waals surface area contributed by atoms with Crippen LogP contribution < -0.4 is 5.32 Å². The van der Waals surface area contributed by atoms with Crippen LogP contribution >= 0.6 is 11.6 Å².